The van der Waals surface area contributed by atoms with E-state index in [-0.39, 0.29) is 22.7 Å². The van der Waals surface area contributed by atoms with E-state index in [0.717, 1.165) is 31.0 Å². The van der Waals surface area contributed by atoms with E-state index in [2.05, 4.69) is 10.6 Å². The normalized spacial score (nSPS) is 19.7. The standard InChI is InChI=1S/C33H36F3N3O2/c1-21-8-5-14-28(34)29(21)32(41)39-19-7-13-27(31(40)38-26-12-6-9-23(20-26)33(2,35)36)30(39)22-15-17-25(18-16-22)37-24-10-3-4-11-24/h5-6,8-9,12,14-18,20,24,27,30,37H,3-4,7,10-11,13,19H2,1-2H3,(H,38,40)/t27?,30-/m0/s1. The molecule has 0 spiro atoms. The number of hydrogen-bond acceptors (Lipinski definition) is 3. The molecular formula is C33H36F3N3O2. The molecule has 3 aromatic carbocycles. The Kier molecular flexibility index (Phi) is 8.38. The fraction of sp³-hybridized carbons (Fsp3) is 0.394. The van der Waals surface area contributed by atoms with Crippen LogP contribution in [-0.4, -0.2) is 29.3 Å². The van der Waals surface area contributed by atoms with Gasteiger partial charge in [-0.1, -0.05) is 49.2 Å². The molecule has 8 heteroatoms. The van der Waals surface area contributed by atoms with Crippen molar-refractivity contribution in [1.82, 2.24) is 4.90 Å². The largest absolute Gasteiger partial charge is 0.382 e. The van der Waals surface area contributed by atoms with E-state index in [1.54, 1.807) is 30.0 Å². The fourth-order valence-corrected chi connectivity index (χ4v) is 6.14. The van der Waals surface area contributed by atoms with Gasteiger partial charge in [-0.15, -0.1) is 0 Å². The number of likely N-dealkylation sites (tertiary alicyclic amines) is 1. The van der Waals surface area contributed by atoms with E-state index in [4.69, 9.17) is 0 Å². The Hall–Kier alpha value is -3.81. The van der Waals surface area contributed by atoms with Crippen molar-refractivity contribution < 1.29 is 22.8 Å². The number of carbonyl (C=O) groups is 2. The van der Waals surface area contributed by atoms with Crippen molar-refractivity contribution in [1.29, 1.82) is 0 Å². The maximum atomic E-state index is 14.9. The number of alkyl halides is 2. The molecule has 41 heavy (non-hydrogen) atoms. The lowest BCUT2D eigenvalue weighted by molar-refractivity contribution is -0.123. The second-order valence-corrected chi connectivity index (χ2v) is 11.3. The second kappa shape index (κ2) is 12.0. The summed E-state index contributed by atoms with van der Waals surface area (Å²) < 4.78 is 42.8. The molecule has 1 heterocycles. The molecule has 216 valence electrons. The van der Waals surface area contributed by atoms with Gasteiger partial charge in [-0.2, -0.15) is 0 Å². The average molecular weight is 564 g/mol. The number of halogens is 3. The van der Waals surface area contributed by atoms with Gasteiger partial charge in [0, 0.05) is 36.4 Å². The molecule has 5 rings (SSSR count). The van der Waals surface area contributed by atoms with Gasteiger partial charge in [-0.3, -0.25) is 9.59 Å². The molecule has 1 aliphatic heterocycles. The third-order valence-corrected chi connectivity index (χ3v) is 8.28. The van der Waals surface area contributed by atoms with Crippen LogP contribution in [0.3, 0.4) is 0 Å². The van der Waals surface area contributed by atoms with Crippen LogP contribution in [0, 0.1) is 18.7 Å². The van der Waals surface area contributed by atoms with Gasteiger partial charge in [0.15, 0.2) is 0 Å². The number of aryl methyl sites for hydroxylation is 1. The Morgan fingerprint density at radius 3 is 2.29 bits per heavy atom. The topological polar surface area (TPSA) is 61.4 Å². The Bertz CT molecular complexity index is 1380. The molecule has 0 aromatic heterocycles. The van der Waals surface area contributed by atoms with Crippen molar-refractivity contribution in [2.24, 2.45) is 5.92 Å². The summed E-state index contributed by atoms with van der Waals surface area (Å²) in [5.41, 5.74) is 2.31. The van der Waals surface area contributed by atoms with Crippen LogP contribution in [0.1, 0.15) is 78.5 Å². The Balaban J connectivity index is 1.47. The predicted molar refractivity (Wildman–Crippen MR) is 155 cm³/mol. The number of hydrogen-bond donors (Lipinski definition) is 2. The van der Waals surface area contributed by atoms with Gasteiger partial charge < -0.3 is 15.5 Å². The molecule has 1 unspecified atom stereocenters. The number of anilines is 2. The average Bonchev–Trinajstić information content (AvgIpc) is 3.46. The Morgan fingerprint density at radius 1 is 0.902 bits per heavy atom. The van der Waals surface area contributed by atoms with Crippen molar-refractivity contribution in [2.45, 2.75) is 70.4 Å². The van der Waals surface area contributed by atoms with Crippen molar-refractivity contribution in [3.05, 3.63) is 94.8 Å². The van der Waals surface area contributed by atoms with Crippen molar-refractivity contribution in [2.75, 3.05) is 17.2 Å². The summed E-state index contributed by atoms with van der Waals surface area (Å²) in [5.74, 6) is -5.16. The van der Waals surface area contributed by atoms with Gasteiger partial charge in [-0.25, -0.2) is 13.2 Å². The zero-order valence-electron chi connectivity index (χ0n) is 23.4. The summed E-state index contributed by atoms with van der Waals surface area (Å²) in [6.07, 6.45) is 5.70. The zero-order chi connectivity index (χ0) is 29.1. The van der Waals surface area contributed by atoms with E-state index in [1.165, 1.54) is 37.1 Å². The van der Waals surface area contributed by atoms with Crippen LogP contribution in [0.5, 0.6) is 0 Å². The third-order valence-electron chi connectivity index (χ3n) is 8.28. The van der Waals surface area contributed by atoms with Crippen molar-refractivity contribution in [3.8, 4) is 0 Å². The van der Waals surface area contributed by atoms with Crippen LogP contribution in [0.4, 0.5) is 24.5 Å². The second-order valence-electron chi connectivity index (χ2n) is 11.3. The lowest BCUT2D eigenvalue weighted by Gasteiger charge is -2.41. The summed E-state index contributed by atoms with van der Waals surface area (Å²) in [4.78, 5) is 29.2. The molecule has 0 bridgehead atoms. The Morgan fingerprint density at radius 2 is 1.61 bits per heavy atom. The number of nitrogens with zero attached hydrogens (tertiary/aromatic N) is 1. The molecule has 2 amide bonds. The minimum atomic E-state index is -3.05. The molecule has 1 saturated carbocycles. The minimum absolute atomic E-state index is 0.00374. The van der Waals surface area contributed by atoms with Crippen LogP contribution in [-0.2, 0) is 10.7 Å². The summed E-state index contributed by atoms with van der Waals surface area (Å²) in [6.45, 7) is 2.87. The third kappa shape index (κ3) is 6.42. The highest BCUT2D eigenvalue weighted by Crippen LogP contribution is 2.39. The molecule has 2 atom stereocenters. The van der Waals surface area contributed by atoms with Gasteiger partial charge in [-0.05, 0) is 74.1 Å². The van der Waals surface area contributed by atoms with E-state index in [1.807, 2.05) is 24.3 Å². The molecule has 1 saturated heterocycles. The first-order valence-corrected chi connectivity index (χ1v) is 14.3. The van der Waals surface area contributed by atoms with E-state index >= 15 is 0 Å². The molecule has 0 radical (unpaired) electrons. The predicted octanol–water partition coefficient (Wildman–Crippen LogP) is 7.83. The van der Waals surface area contributed by atoms with Gasteiger partial charge in [0.1, 0.15) is 5.82 Å². The number of piperidine rings is 1. The number of benzene rings is 3. The monoisotopic (exact) mass is 563 g/mol. The van der Waals surface area contributed by atoms with E-state index < -0.39 is 29.6 Å². The molecular weight excluding hydrogens is 527 g/mol. The van der Waals surface area contributed by atoms with Gasteiger partial charge in [0.25, 0.3) is 11.8 Å². The van der Waals surface area contributed by atoms with E-state index in [0.29, 0.717) is 31.0 Å². The number of amides is 2. The van der Waals surface area contributed by atoms with Crippen LogP contribution in [0.15, 0.2) is 66.7 Å². The van der Waals surface area contributed by atoms with Crippen molar-refractivity contribution in [3.63, 3.8) is 0 Å². The van der Waals surface area contributed by atoms with Crippen LogP contribution >= 0.6 is 0 Å². The lowest BCUT2D eigenvalue weighted by atomic mass is 9.83. The molecule has 2 aliphatic rings. The highest BCUT2D eigenvalue weighted by atomic mass is 19.3. The number of carbonyl (C=O) groups excluding carboxylic acids is 2. The zero-order valence-corrected chi connectivity index (χ0v) is 23.4. The van der Waals surface area contributed by atoms with E-state index in [9.17, 15) is 22.8 Å². The molecule has 2 N–H and O–H groups in total. The molecule has 5 nitrogen and oxygen atoms in total. The highest BCUT2D eigenvalue weighted by molar-refractivity contribution is 5.98. The molecule has 3 aromatic rings. The first-order chi connectivity index (χ1) is 19.6. The van der Waals surface area contributed by atoms with Crippen LogP contribution in [0.2, 0.25) is 0 Å². The van der Waals surface area contributed by atoms with Crippen LogP contribution in [0.25, 0.3) is 0 Å². The van der Waals surface area contributed by atoms with Crippen molar-refractivity contribution >= 4 is 23.2 Å². The molecule has 1 aliphatic carbocycles. The Labute approximate surface area is 239 Å². The summed E-state index contributed by atoms with van der Waals surface area (Å²) in [6, 6.07) is 17.7. The van der Waals surface area contributed by atoms with Gasteiger partial charge in [0.2, 0.25) is 5.91 Å². The highest BCUT2D eigenvalue weighted by Gasteiger charge is 2.40. The summed E-state index contributed by atoms with van der Waals surface area (Å²) >= 11 is 0. The number of rotatable bonds is 7. The maximum Gasteiger partial charge on any atom is 0.270 e. The van der Waals surface area contributed by atoms with Gasteiger partial charge in [0.05, 0.1) is 17.5 Å². The van der Waals surface area contributed by atoms with Gasteiger partial charge >= 0.3 is 0 Å². The lowest BCUT2D eigenvalue weighted by Crippen LogP contribution is -2.46. The maximum absolute atomic E-state index is 14.9. The number of nitrogens with one attached hydrogen (secondary N) is 2. The fourth-order valence-electron chi connectivity index (χ4n) is 6.14. The first-order valence-electron chi connectivity index (χ1n) is 14.3. The first kappa shape index (κ1) is 28.7. The SMILES string of the molecule is Cc1cccc(F)c1C(=O)N1CCCC(C(=O)Nc2cccc(C(C)(F)F)c2)[C@@H]1c1ccc(NC2CCCC2)cc1. The smallest absolute Gasteiger partial charge is 0.270 e. The summed E-state index contributed by atoms with van der Waals surface area (Å²) in [7, 11) is 0. The quantitative estimate of drug-likeness (QED) is 0.308. The van der Waals surface area contributed by atoms with Crippen LogP contribution < -0.4 is 10.6 Å². The molecule has 2 fully saturated rings. The minimum Gasteiger partial charge on any atom is -0.382 e. The summed E-state index contributed by atoms with van der Waals surface area (Å²) in [5, 5.41) is 6.37.